The predicted molar refractivity (Wildman–Crippen MR) is 75.6 cm³/mol. The molecule has 2 unspecified atom stereocenters. The normalized spacial score (nSPS) is 24.3. The second kappa shape index (κ2) is 6.51. The van der Waals surface area contributed by atoms with E-state index in [2.05, 4.69) is 0 Å². The lowest BCUT2D eigenvalue weighted by molar-refractivity contribution is -0.141. The van der Waals surface area contributed by atoms with Crippen LogP contribution < -0.4 is 0 Å². The van der Waals surface area contributed by atoms with E-state index in [1.165, 1.54) is 24.3 Å². The van der Waals surface area contributed by atoms with Crippen LogP contribution in [0.5, 0.6) is 0 Å². The summed E-state index contributed by atoms with van der Waals surface area (Å²) in [6.45, 7) is 0. The average Bonchev–Trinajstić information content (AvgIpc) is 2.55. The van der Waals surface area contributed by atoms with E-state index in [1.807, 2.05) is 0 Å². The van der Waals surface area contributed by atoms with Crippen molar-refractivity contribution in [3.8, 4) is 0 Å². The molecule has 116 valence electrons. The zero-order chi connectivity index (χ0) is 16.2. The number of hydrogen-bond acceptors (Lipinski definition) is 5. The van der Waals surface area contributed by atoms with Crippen LogP contribution in [0, 0.1) is 5.92 Å². The van der Waals surface area contributed by atoms with Crippen LogP contribution in [0.2, 0.25) is 0 Å². The van der Waals surface area contributed by atoms with Crippen molar-refractivity contribution in [2.45, 2.75) is 31.3 Å². The number of carboxylic acid groups (broad SMARTS) is 1. The highest BCUT2D eigenvalue weighted by Crippen LogP contribution is 2.35. The van der Waals surface area contributed by atoms with Gasteiger partial charge >= 0.3 is 11.9 Å². The highest BCUT2D eigenvalue weighted by Gasteiger charge is 2.44. The number of aldehydes is 2. The van der Waals surface area contributed by atoms with Gasteiger partial charge in [-0.1, -0.05) is 6.42 Å². The third kappa shape index (κ3) is 3.05. The molecule has 2 rings (SSSR count). The zero-order valence-corrected chi connectivity index (χ0v) is 11.9. The maximum Gasteiger partial charge on any atom is 0.339 e. The molecule has 1 aliphatic carbocycles. The fourth-order valence-corrected chi connectivity index (χ4v) is 2.66. The summed E-state index contributed by atoms with van der Waals surface area (Å²) in [6, 6.07) is 5.21. The molecule has 2 atom stereocenters. The molecular weight excluding hydrogens is 288 g/mol. The first-order valence-corrected chi connectivity index (χ1v) is 7.01. The molecule has 0 amide bonds. The van der Waals surface area contributed by atoms with Crippen molar-refractivity contribution in [3.05, 3.63) is 35.4 Å². The number of aromatic carboxylic acids is 1. The molecule has 1 aromatic rings. The Bertz CT molecular complexity index is 591. The first-order chi connectivity index (χ1) is 10.5. The fraction of sp³-hybridized carbons (Fsp3) is 0.375. The van der Waals surface area contributed by atoms with Gasteiger partial charge < -0.3 is 14.6 Å². The number of esters is 1. The molecule has 1 aliphatic rings. The molecule has 0 aromatic heterocycles. The minimum atomic E-state index is -1.41. The van der Waals surface area contributed by atoms with Crippen LogP contribution in [0.1, 0.15) is 46.4 Å². The Balaban J connectivity index is 2.19. The van der Waals surface area contributed by atoms with Crippen molar-refractivity contribution in [2.24, 2.45) is 5.92 Å². The monoisotopic (exact) mass is 304 g/mol. The molecule has 0 bridgehead atoms. The average molecular weight is 304 g/mol. The van der Waals surface area contributed by atoms with Crippen molar-refractivity contribution < 1.29 is 29.0 Å². The van der Waals surface area contributed by atoms with Crippen LogP contribution in [0.15, 0.2) is 24.3 Å². The number of hydrogen-bond donors (Lipinski definition) is 1. The summed E-state index contributed by atoms with van der Waals surface area (Å²) >= 11 is 0. The second-order valence-corrected chi connectivity index (χ2v) is 5.33. The smallest absolute Gasteiger partial charge is 0.339 e. The number of carboxylic acids is 1. The Kier molecular flexibility index (Phi) is 4.70. The van der Waals surface area contributed by atoms with Crippen molar-refractivity contribution in [3.63, 3.8) is 0 Å². The third-order valence-electron chi connectivity index (χ3n) is 3.97. The number of ether oxygens (including phenoxy) is 1. The van der Waals surface area contributed by atoms with E-state index in [0.717, 1.165) is 6.42 Å². The Hall–Kier alpha value is -2.50. The lowest BCUT2D eigenvalue weighted by atomic mass is 9.77. The summed E-state index contributed by atoms with van der Waals surface area (Å²) in [7, 11) is 0. The maximum atomic E-state index is 12.2. The van der Waals surface area contributed by atoms with Crippen LogP contribution in [0.3, 0.4) is 0 Å². The van der Waals surface area contributed by atoms with Gasteiger partial charge in [-0.25, -0.2) is 9.59 Å². The largest absolute Gasteiger partial charge is 0.478 e. The standard InChI is InChI=1S/C16H16O6/c17-9-13-3-1-2-8-16(13,10-18)22-15(21)12-6-4-11(5-7-12)14(19)20/h4-7,9-10,13H,1-3,8H2,(H,19,20). The number of rotatable bonds is 5. The van der Waals surface area contributed by atoms with E-state index in [-0.39, 0.29) is 11.1 Å². The Morgan fingerprint density at radius 1 is 1.14 bits per heavy atom. The molecule has 22 heavy (non-hydrogen) atoms. The van der Waals surface area contributed by atoms with Gasteiger partial charge in [-0.2, -0.15) is 0 Å². The first kappa shape index (κ1) is 15.9. The van der Waals surface area contributed by atoms with Gasteiger partial charge in [0.2, 0.25) is 0 Å². The van der Waals surface area contributed by atoms with E-state index in [1.54, 1.807) is 0 Å². The topological polar surface area (TPSA) is 97.7 Å². The molecule has 0 heterocycles. The summed E-state index contributed by atoms with van der Waals surface area (Å²) < 4.78 is 5.33. The van der Waals surface area contributed by atoms with Gasteiger partial charge in [-0.15, -0.1) is 0 Å². The molecule has 6 nitrogen and oxygen atoms in total. The molecule has 1 aromatic carbocycles. The molecule has 0 aliphatic heterocycles. The molecular formula is C16H16O6. The van der Waals surface area contributed by atoms with Crippen LogP contribution in [0.4, 0.5) is 0 Å². The van der Waals surface area contributed by atoms with Crippen LogP contribution >= 0.6 is 0 Å². The minimum absolute atomic E-state index is 0.0464. The van der Waals surface area contributed by atoms with Gasteiger partial charge in [-0.05, 0) is 43.5 Å². The number of carbonyl (C=O) groups is 4. The highest BCUT2D eigenvalue weighted by molar-refractivity contribution is 5.94. The molecule has 1 saturated carbocycles. The lowest BCUT2D eigenvalue weighted by Crippen LogP contribution is -2.47. The first-order valence-electron chi connectivity index (χ1n) is 7.01. The Morgan fingerprint density at radius 3 is 2.32 bits per heavy atom. The van der Waals surface area contributed by atoms with Crippen molar-refractivity contribution in [1.29, 1.82) is 0 Å². The quantitative estimate of drug-likeness (QED) is 0.658. The van der Waals surface area contributed by atoms with E-state index in [0.29, 0.717) is 31.8 Å². The van der Waals surface area contributed by atoms with Crippen molar-refractivity contribution in [2.75, 3.05) is 0 Å². The fourth-order valence-electron chi connectivity index (χ4n) is 2.66. The van der Waals surface area contributed by atoms with Gasteiger partial charge in [0.1, 0.15) is 6.29 Å². The molecule has 0 radical (unpaired) electrons. The van der Waals surface area contributed by atoms with Gasteiger partial charge in [0.25, 0.3) is 0 Å². The SMILES string of the molecule is O=CC1CCCCC1(C=O)OC(=O)c1ccc(C(=O)O)cc1. The lowest BCUT2D eigenvalue weighted by Gasteiger charge is -2.36. The van der Waals surface area contributed by atoms with Gasteiger partial charge in [0.15, 0.2) is 11.9 Å². The van der Waals surface area contributed by atoms with Crippen LogP contribution in [0.25, 0.3) is 0 Å². The molecule has 0 saturated heterocycles. The molecule has 0 spiro atoms. The van der Waals surface area contributed by atoms with Gasteiger partial charge in [-0.3, -0.25) is 4.79 Å². The number of benzene rings is 1. The summed E-state index contributed by atoms with van der Waals surface area (Å²) in [5.74, 6) is -2.48. The predicted octanol–water partition coefficient (Wildman–Crippen LogP) is 1.87. The highest BCUT2D eigenvalue weighted by atomic mass is 16.6. The van der Waals surface area contributed by atoms with Gasteiger partial charge in [0.05, 0.1) is 17.0 Å². The summed E-state index contributed by atoms with van der Waals surface area (Å²) in [5, 5.41) is 8.82. The number of carbonyl (C=O) groups excluding carboxylic acids is 3. The Labute approximate surface area is 127 Å². The van der Waals surface area contributed by atoms with Crippen molar-refractivity contribution in [1.82, 2.24) is 0 Å². The van der Waals surface area contributed by atoms with Crippen LogP contribution in [-0.4, -0.2) is 35.2 Å². The second-order valence-electron chi connectivity index (χ2n) is 5.33. The zero-order valence-electron chi connectivity index (χ0n) is 11.9. The minimum Gasteiger partial charge on any atom is -0.478 e. The summed E-state index contributed by atoms with van der Waals surface area (Å²) in [5.41, 5.74) is -1.23. The van der Waals surface area contributed by atoms with E-state index in [4.69, 9.17) is 9.84 Å². The van der Waals surface area contributed by atoms with Gasteiger partial charge in [0, 0.05) is 0 Å². The molecule has 1 N–H and O–H groups in total. The third-order valence-corrected chi connectivity index (χ3v) is 3.97. The van der Waals surface area contributed by atoms with E-state index >= 15 is 0 Å². The summed E-state index contributed by atoms with van der Waals surface area (Å²) in [6.07, 6.45) is 3.54. The maximum absolute atomic E-state index is 12.2. The van der Waals surface area contributed by atoms with Crippen molar-refractivity contribution >= 4 is 24.5 Å². The summed E-state index contributed by atoms with van der Waals surface area (Å²) in [4.78, 5) is 45.6. The molecule has 6 heteroatoms. The van der Waals surface area contributed by atoms with E-state index in [9.17, 15) is 19.2 Å². The Morgan fingerprint density at radius 2 is 1.77 bits per heavy atom. The molecule has 1 fully saturated rings. The van der Waals surface area contributed by atoms with Crippen LogP contribution in [-0.2, 0) is 14.3 Å². The van der Waals surface area contributed by atoms with E-state index < -0.39 is 23.5 Å².